The van der Waals surface area contributed by atoms with E-state index in [0.29, 0.717) is 10.2 Å². The minimum absolute atomic E-state index is 0.0885. The monoisotopic (exact) mass is 316 g/mol. The number of amides is 1. The molecule has 0 radical (unpaired) electrons. The summed E-state index contributed by atoms with van der Waals surface area (Å²) >= 11 is 3.10. The highest BCUT2D eigenvalue weighted by molar-refractivity contribution is 9.10. The van der Waals surface area contributed by atoms with Crippen LogP contribution in [-0.2, 0) is 4.79 Å². The molecule has 1 rings (SSSR count). The maximum Gasteiger partial charge on any atom is 0.241 e. The number of carbonyl (C=O) groups is 1. The largest absolute Gasteiger partial charge is 0.324 e. The molecule has 2 unspecified atom stereocenters. The zero-order chi connectivity index (χ0) is 13.9. The second kappa shape index (κ2) is 6.29. The molecule has 0 aromatic heterocycles. The summed E-state index contributed by atoms with van der Waals surface area (Å²) in [5, 5.41) is 2.67. The Morgan fingerprint density at radius 3 is 2.72 bits per heavy atom. The maximum atomic E-state index is 13.4. The lowest BCUT2D eigenvalue weighted by molar-refractivity contribution is -0.118. The molecule has 0 aliphatic carbocycles. The summed E-state index contributed by atoms with van der Waals surface area (Å²) in [6, 6.07) is 2.33. The zero-order valence-electron chi connectivity index (χ0n) is 10.8. The quantitative estimate of drug-likeness (QED) is 0.896. The van der Waals surface area contributed by atoms with Crippen LogP contribution < -0.4 is 11.1 Å². The molecule has 1 aromatic rings. The van der Waals surface area contributed by atoms with Gasteiger partial charge in [-0.05, 0) is 46.5 Å². The number of hydrogen-bond acceptors (Lipinski definition) is 2. The first-order valence-electron chi connectivity index (χ1n) is 5.88. The van der Waals surface area contributed by atoms with Gasteiger partial charge in [0.1, 0.15) is 5.82 Å². The van der Waals surface area contributed by atoms with Crippen molar-refractivity contribution in [3.8, 4) is 0 Å². The molecule has 0 aliphatic heterocycles. The van der Waals surface area contributed by atoms with Gasteiger partial charge < -0.3 is 11.1 Å². The van der Waals surface area contributed by atoms with E-state index >= 15 is 0 Å². The molecular weight excluding hydrogens is 299 g/mol. The van der Waals surface area contributed by atoms with Crippen molar-refractivity contribution in [1.29, 1.82) is 0 Å². The van der Waals surface area contributed by atoms with E-state index in [1.54, 1.807) is 13.0 Å². The summed E-state index contributed by atoms with van der Waals surface area (Å²) < 4.78 is 13.8. The Morgan fingerprint density at radius 2 is 2.17 bits per heavy atom. The van der Waals surface area contributed by atoms with Crippen LogP contribution >= 0.6 is 15.9 Å². The van der Waals surface area contributed by atoms with Crippen molar-refractivity contribution in [1.82, 2.24) is 0 Å². The van der Waals surface area contributed by atoms with Gasteiger partial charge in [0.15, 0.2) is 0 Å². The first kappa shape index (κ1) is 15.1. The molecule has 1 aromatic carbocycles. The molecule has 5 heteroatoms. The van der Waals surface area contributed by atoms with Crippen LogP contribution in [0.1, 0.15) is 25.8 Å². The molecular formula is C13H18BrFN2O. The van der Waals surface area contributed by atoms with E-state index < -0.39 is 11.9 Å². The van der Waals surface area contributed by atoms with Crippen molar-refractivity contribution in [3.63, 3.8) is 0 Å². The number of halogens is 2. The molecule has 0 saturated heterocycles. The highest BCUT2D eigenvalue weighted by Gasteiger charge is 2.20. The Balaban J connectivity index is 2.85. The number of hydrogen-bond donors (Lipinski definition) is 2. The van der Waals surface area contributed by atoms with Crippen LogP contribution in [0.3, 0.4) is 0 Å². The fourth-order valence-electron chi connectivity index (χ4n) is 1.51. The molecule has 0 heterocycles. The van der Waals surface area contributed by atoms with E-state index in [1.165, 1.54) is 6.07 Å². The average Bonchev–Trinajstić information content (AvgIpc) is 2.33. The van der Waals surface area contributed by atoms with Gasteiger partial charge in [0.2, 0.25) is 5.91 Å². The Hall–Kier alpha value is -0.940. The van der Waals surface area contributed by atoms with E-state index in [0.717, 1.165) is 12.0 Å². The Bertz CT molecular complexity index is 451. The fourth-order valence-corrected chi connectivity index (χ4v) is 1.97. The predicted molar refractivity (Wildman–Crippen MR) is 74.9 cm³/mol. The van der Waals surface area contributed by atoms with E-state index in [1.807, 2.05) is 13.8 Å². The number of nitrogens with two attached hydrogens (primary N) is 1. The summed E-state index contributed by atoms with van der Waals surface area (Å²) in [6.07, 6.45) is 0.822. The standard InChI is InChI=1S/C13H18BrFN2O/c1-4-7(2)12(16)13(18)17-11-6-10(15)9(14)5-8(11)3/h5-7,12H,4,16H2,1-3H3,(H,17,18). The third kappa shape index (κ3) is 3.53. The van der Waals surface area contributed by atoms with Gasteiger partial charge in [-0.15, -0.1) is 0 Å². The van der Waals surface area contributed by atoms with Gasteiger partial charge in [0.05, 0.1) is 10.5 Å². The van der Waals surface area contributed by atoms with E-state index in [-0.39, 0.29) is 11.8 Å². The van der Waals surface area contributed by atoms with Crippen LogP contribution in [0, 0.1) is 18.7 Å². The Kier molecular flexibility index (Phi) is 5.28. The van der Waals surface area contributed by atoms with Crippen molar-refractivity contribution in [2.75, 3.05) is 5.32 Å². The minimum Gasteiger partial charge on any atom is -0.324 e. The number of benzene rings is 1. The Labute approximate surface area is 115 Å². The molecule has 1 amide bonds. The highest BCUT2D eigenvalue weighted by atomic mass is 79.9. The van der Waals surface area contributed by atoms with Crippen LogP contribution in [-0.4, -0.2) is 11.9 Å². The number of carbonyl (C=O) groups excluding carboxylic acids is 1. The second-order valence-corrected chi connectivity index (χ2v) is 5.34. The third-order valence-electron chi connectivity index (χ3n) is 3.08. The number of anilines is 1. The van der Waals surface area contributed by atoms with Crippen LogP contribution in [0.4, 0.5) is 10.1 Å². The van der Waals surface area contributed by atoms with Crippen LogP contribution in [0.15, 0.2) is 16.6 Å². The van der Waals surface area contributed by atoms with Crippen molar-refractivity contribution in [2.24, 2.45) is 11.7 Å². The number of nitrogens with one attached hydrogen (secondary N) is 1. The third-order valence-corrected chi connectivity index (χ3v) is 3.69. The lowest BCUT2D eigenvalue weighted by Gasteiger charge is -2.18. The summed E-state index contributed by atoms with van der Waals surface area (Å²) in [4.78, 5) is 11.9. The molecule has 2 atom stereocenters. The van der Waals surface area contributed by atoms with Gasteiger partial charge in [0.25, 0.3) is 0 Å². The topological polar surface area (TPSA) is 55.1 Å². The molecule has 18 heavy (non-hydrogen) atoms. The van der Waals surface area contributed by atoms with Crippen molar-refractivity contribution in [3.05, 3.63) is 28.0 Å². The van der Waals surface area contributed by atoms with E-state index in [9.17, 15) is 9.18 Å². The van der Waals surface area contributed by atoms with Crippen molar-refractivity contribution >= 4 is 27.5 Å². The summed E-state index contributed by atoms with van der Waals surface area (Å²) in [6.45, 7) is 5.69. The number of aryl methyl sites for hydroxylation is 1. The molecule has 100 valence electrons. The molecule has 0 fully saturated rings. The van der Waals surface area contributed by atoms with Gasteiger partial charge in [0, 0.05) is 5.69 Å². The normalized spacial score (nSPS) is 14.1. The Morgan fingerprint density at radius 1 is 1.56 bits per heavy atom. The van der Waals surface area contributed by atoms with E-state index in [2.05, 4.69) is 21.2 Å². The molecule has 3 nitrogen and oxygen atoms in total. The molecule has 0 spiro atoms. The van der Waals surface area contributed by atoms with Crippen LogP contribution in [0.2, 0.25) is 0 Å². The smallest absolute Gasteiger partial charge is 0.241 e. The summed E-state index contributed by atoms with van der Waals surface area (Å²) in [5.41, 5.74) is 7.07. The first-order valence-corrected chi connectivity index (χ1v) is 6.68. The van der Waals surface area contributed by atoms with Gasteiger partial charge in [-0.3, -0.25) is 4.79 Å². The van der Waals surface area contributed by atoms with Crippen LogP contribution in [0.25, 0.3) is 0 Å². The molecule has 0 aliphatic rings. The maximum absolute atomic E-state index is 13.4. The zero-order valence-corrected chi connectivity index (χ0v) is 12.3. The van der Waals surface area contributed by atoms with E-state index in [4.69, 9.17) is 5.73 Å². The second-order valence-electron chi connectivity index (χ2n) is 4.48. The average molecular weight is 317 g/mol. The van der Waals surface area contributed by atoms with Crippen molar-refractivity contribution in [2.45, 2.75) is 33.2 Å². The lowest BCUT2D eigenvalue weighted by atomic mass is 9.99. The number of rotatable bonds is 4. The summed E-state index contributed by atoms with van der Waals surface area (Å²) in [7, 11) is 0. The minimum atomic E-state index is -0.582. The van der Waals surface area contributed by atoms with Crippen molar-refractivity contribution < 1.29 is 9.18 Å². The van der Waals surface area contributed by atoms with Gasteiger partial charge >= 0.3 is 0 Å². The molecule has 0 bridgehead atoms. The van der Waals surface area contributed by atoms with Gasteiger partial charge in [-0.1, -0.05) is 20.3 Å². The molecule has 0 saturated carbocycles. The predicted octanol–water partition coefficient (Wildman–Crippen LogP) is 3.21. The highest BCUT2D eigenvalue weighted by Crippen LogP contribution is 2.24. The lowest BCUT2D eigenvalue weighted by Crippen LogP contribution is -2.40. The molecule has 3 N–H and O–H groups in total. The SMILES string of the molecule is CCC(C)C(N)C(=O)Nc1cc(F)c(Br)cc1C. The van der Waals surface area contributed by atoms with Gasteiger partial charge in [-0.2, -0.15) is 0 Å². The first-order chi connectivity index (χ1) is 8.36. The fraction of sp³-hybridized carbons (Fsp3) is 0.462. The summed E-state index contributed by atoms with van der Waals surface area (Å²) in [5.74, 6) is -0.604. The van der Waals surface area contributed by atoms with Crippen LogP contribution in [0.5, 0.6) is 0 Å². The van der Waals surface area contributed by atoms with Gasteiger partial charge in [-0.25, -0.2) is 4.39 Å².